The molecule has 122 valence electrons. The van der Waals surface area contributed by atoms with Crippen LogP contribution in [0.3, 0.4) is 0 Å². The summed E-state index contributed by atoms with van der Waals surface area (Å²) < 4.78 is 44.3. The second kappa shape index (κ2) is 5.98. The first-order chi connectivity index (χ1) is 11.0. The molecule has 1 saturated heterocycles. The molecule has 1 aromatic heterocycles. The molecule has 1 aliphatic heterocycles. The number of alkyl halides is 3. The zero-order valence-electron chi connectivity index (χ0n) is 12.2. The molecule has 0 saturated carbocycles. The van der Waals surface area contributed by atoms with Gasteiger partial charge in [-0.1, -0.05) is 12.1 Å². The van der Waals surface area contributed by atoms with Gasteiger partial charge in [-0.25, -0.2) is 0 Å². The van der Waals surface area contributed by atoms with Gasteiger partial charge < -0.3 is 14.2 Å². The van der Waals surface area contributed by atoms with Crippen LogP contribution in [0.15, 0.2) is 47.1 Å². The number of carbonyl (C=O) groups is 1. The van der Waals surface area contributed by atoms with Crippen molar-refractivity contribution >= 4 is 11.6 Å². The number of benzene rings is 1. The summed E-state index contributed by atoms with van der Waals surface area (Å²) in [4.78, 5) is 15.4. The fourth-order valence-electron chi connectivity index (χ4n) is 2.70. The molecule has 0 radical (unpaired) electrons. The number of nitrogens with zero attached hydrogens (tertiary/aromatic N) is 2. The SMILES string of the molecule is O=C(c1ccco1)N1CCN(c2ccccc2C(F)(F)F)CC1. The van der Waals surface area contributed by atoms with Gasteiger partial charge in [-0.2, -0.15) is 13.2 Å². The van der Waals surface area contributed by atoms with E-state index in [0.29, 0.717) is 26.2 Å². The Morgan fingerprint density at radius 2 is 1.70 bits per heavy atom. The predicted octanol–water partition coefficient (Wildman–Crippen LogP) is 3.26. The minimum Gasteiger partial charge on any atom is -0.459 e. The summed E-state index contributed by atoms with van der Waals surface area (Å²) in [5.41, 5.74) is -0.490. The van der Waals surface area contributed by atoms with Crippen LogP contribution in [0.4, 0.5) is 18.9 Å². The number of anilines is 1. The van der Waals surface area contributed by atoms with Crippen LogP contribution in [0.1, 0.15) is 16.1 Å². The molecule has 2 aromatic rings. The number of para-hydroxylation sites is 1. The van der Waals surface area contributed by atoms with Crippen LogP contribution >= 0.6 is 0 Å². The van der Waals surface area contributed by atoms with Gasteiger partial charge in [-0.3, -0.25) is 4.79 Å². The van der Waals surface area contributed by atoms with Gasteiger partial charge in [-0.15, -0.1) is 0 Å². The molecule has 1 amide bonds. The van der Waals surface area contributed by atoms with E-state index in [4.69, 9.17) is 4.42 Å². The van der Waals surface area contributed by atoms with Gasteiger partial charge in [0.15, 0.2) is 5.76 Å². The fraction of sp³-hybridized carbons (Fsp3) is 0.312. The summed E-state index contributed by atoms with van der Waals surface area (Å²) in [7, 11) is 0. The number of furan rings is 1. The van der Waals surface area contributed by atoms with Crippen molar-refractivity contribution in [3.63, 3.8) is 0 Å². The molecular formula is C16H15F3N2O2. The quantitative estimate of drug-likeness (QED) is 0.851. The zero-order valence-corrected chi connectivity index (χ0v) is 12.2. The molecule has 0 aliphatic carbocycles. The van der Waals surface area contributed by atoms with Crippen LogP contribution in [0.2, 0.25) is 0 Å². The molecule has 4 nitrogen and oxygen atoms in total. The Balaban J connectivity index is 1.72. The number of halogens is 3. The highest BCUT2D eigenvalue weighted by Crippen LogP contribution is 2.36. The Hall–Kier alpha value is -2.44. The van der Waals surface area contributed by atoms with Gasteiger partial charge in [0, 0.05) is 31.9 Å². The largest absolute Gasteiger partial charge is 0.459 e. The molecule has 1 aliphatic rings. The summed E-state index contributed by atoms with van der Waals surface area (Å²) in [6.07, 6.45) is -2.97. The van der Waals surface area contributed by atoms with E-state index >= 15 is 0 Å². The monoisotopic (exact) mass is 324 g/mol. The first-order valence-electron chi connectivity index (χ1n) is 7.21. The van der Waals surface area contributed by atoms with Gasteiger partial charge in [0.25, 0.3) is 5.91 Å². The molecule has 1 fully saturated rings. The summed E-state index contributed by atoms with van der Waals surface area (Å²) in [6, 6.07) is 8.72. The predicted molar refractivity (Wildman–Crippen MR) is 78.3 cm³/mol. The molecule has 0 atom stereocenters. The van der Waals surface area contributed by atoms with Gasteiger partial charge in [0.05, 0.1) is 11.8 Å². The van der Waals surface area contributed by atoms with Crippen LogP contribution in [0.25, 0.3) is 0 Å². The van der Waals surface area contributed by atoms with Gasteiger partial charge in [-0.05, 0) is 24.3 Å². The summed E-state index contributed by atoms with van der Waals surface area (Å²) in [5, 5.41) is 0. The molecule has 2 heterocycles. The third-order valence-corrected chi connectivity index (χ3v) is 3.85. The van der Waals surface area contributed by atoms with Crippen LogP contribution < -0.4 is 4.90 Å². The lowest BCUT2D eigenvalue weighted by Crippen LogP contribution is -2.49. The normalized spacial score (nSPS) is 15.8. The van der Waals surface area contributed by atoms with Crippen molar-refractivity contribution in [3.05, 3.63) is 54.0 Å². The smallest absolute Gasteiger partial charge is 0.418 e. The van der Waals surface area contributed by atoms with Crippen LogP contribution in [-0.4, -0.2) is 37.0 Å². The van der Waals surface area contributed by atoms with Crippen molar-refractivity contribution in [1.82, 2.24) is 4.90 Å². The Bertz CT molecular complexity index is 675. The van der Waals surface area contributed by atoms with E-state index in [1.165, 1.54) is 18.4 Å². The average molecular weight is 324 g/mol. The number of hydrogen-bond donors (Lipinski definition) is 0. The molecule has 0 spiro atoms. The molecule has 0 unspecified atom stereocenters. The topological polar surface area (TPSA) is 36.7 Å². The van der Waals surface area contributed by atoms with Crippen LogP contribution in [0.5, 0.6) is 0 Å². The zero-order chi connectivity index (χ0) is 16.4. The Morgan fingerprint density at radius 3 is 2.30 bits per heavy atom. The van der Waals surface area contributed by atoms with E-state index in [0.717, 1.165) is 6.07 Å². The van der Waals surface area contributed by atoms with E-state index < -0.39 is 11.7 Å². The van der Waals surface area contributed by atoms with Crippen molar-refractivity contribution in [2.75, 3.05) is 31.1 Å². The van der Waals surface area contributed by atoms with Gasteiger partial charge >= 0.3 is 6.18 Å². The van der Waals surface area contributed by atoms with Crippen LogP contribution in [-0.2, 0) is 6.18 Å². The number of hydrogen-bond acceptors (Lipinski definition) is 3. The lowest BCUT2D eigenvalue weighted by Gasteiger charge is -2.36. The van der Waals surface area contributed by atoms with Crippen molar-refractivity contribution in [3.8, 4) is 0 Å². The highest BCUT2D eigenvalue weighted by atomic mass is 19.4. The highest BCUT2D eigenvalue weighted by Gasteiger charge is 2.35. The molecule has 7 heteroatoms. The highest BCUT2D eigenvalue weighted by molar-refractivity contribution is 5.91. The summed E-state index contributed by atoms with van der Waals surface area (Å²) in [6.45, 7) is 1.40. The molecule has 0 bridgehead atoms. The number of piperazine rings is 1. The molecule has 23 heavy (non-hydrogen) atoms. The van der Waals surface area contributed by atoms with E-state index in [9.17, 15) is 18.0 Å². The average Bonchev–Trinajstić information content (AvgIpc) is 3.08. The Labute approximate surface area is 131 Å². The second-order valence-electron chi connectivity index (χ2n) is 5.27. The van der Waals surface area contributed by atoms with E-state index in [2.05, 4.69) is 0 Å². The Kier molecular flexibility index (Phi) is 4.02. The van der Waals surface area contributed by atoms with Crippen molar-refractivity contribution in [2.24, 2.45) is 0 Å². The van der Waals surface area contributed by atoms with E-state index in [1.54, 1.807) is 28.0 Å². The molecule has 1 aromatic carbocycles. The third-order valence-electron chi connectivity index (χ3n) is 3.85. The van der Waals surface area contributed by atoms with Crippen molar-refractivity contribution in [1.29, 1.82) is 0 Å². The van der Waals surface area contributed by atoms with Crippen LogP contribution in [0, 0.1) is 0 Å². The van der Waals surface area contributed by atoms with Crippen molar-refractivity contribution < 1.29 is 22.4 Å². The summed E-state index contributed by atoms with van der Waals surface area (Å²) >= 11 is 0. The maximum absolute atomic E-state index is 13.1. The fourth-order valence-corrected chi connectivity index (χ4v) is 2.70. The minimum atomic E-state index is -4.39. The number of carbonyl (C=O) groups excluding carboxylic acids is 1. The van der Waals surface area contributed by atoms with Gasteiger partial charge in [0.2, 0.25) is 0 Å². The maximum Gasteiger partial charge on any atom is 0.418 e. The number of amides is 1. The Morgan fingerprint density at radius 1 is 1.00 bits per heavy atom. The molecule has 3 rings (SSSR count). The minimum absolute atomic E-state index is 0.157. The van der Waals surface area contributed by atoms with Gasteiger partial charge in [0.1, 0.15) is 0 Å². The van der Waals surface area contributed by atoms with E-state index in [1.807, 2.05) is 0 Å². The first kappa shape index (κ1) is 15.5. The van der Waals surface area contributed by atoms with E-state index in [-0.39, 0.29) is 17.4 Å². The summed E-state index contributed by atoms with van der Waals surface area (Å²) in [5.74, 6) is 0.00731. The number of rotatable bonds is 2. The maximum atomic E-state index is 13.1. The lowest BCUT2D eigenvalue weighted by molar-refractivity contribution is -0.137. The lowest BCUT2D eigenvalue weighted by atomic mass is 10.1. The standard InChI is InChI=1S/C16H15F3N2O2/c17-16(18,19)12-4-1-2-5-13(12)20-7-9-21(10-8-20)15(22)14-6-3-11-23-14/h1-6,11H,7-10H2. The molecular weight excluding hydrogens is 309 g/mol. The third kappa shape index (κ3) is 3.18. The van der Waals surface area contributed by atoms with Crippen molar-refractivity contribution in [2.45, 2.75) is 6.18 Å². The first-order valence-corrected chi connectivity index (χ1v) is 7.21. The second-order valence-corrected chi connectivity index (χ2v) is 5.27. The molecule has 0 N–H and O–H groups in total.